The Bertz CT molecular complexity index is 319. The molecule has 0 fully saturated rings. The summed E-state index contributed by atoms with van der Waals surface area (Å²) in [6.45, 7) is 2.18. The van der Waals surface area contributed by atoms with Crippen molar-refractivity contribution in [3.8, 4) is 0 Å². The fourth-order valence-electron chi connectivity index (χ4n) is 1.72. The Labute approximate surface area is 92.1 Å². The SMILES string of the molecule is CCCc1cc(C(N)N)ccc1N(C)C. The molecule has 0 aliphatic carbocycles. The molecule has 4 N–H and O–H groups in total. The van der Waals surface area contributed by atoms with Crippen molar-refractivity contribution >= 4 is 5.69 Å². The molecule has 0 aliphatic heterocycles. The normalized spacial score (nSPS) is 10.8. The minimum Gasteiger partial charge on any atom is -0.377 e. The zero-order valence-electron chi connectivity index (χ0n) is 9.83. The topological polar surface area (TPSA) is 55.3 Å². The van der Waals surface area contributed by atoms with Crippen molar-refractivity contribution in [3.63, 3.8) is 0 Å². The minimum absolute atomic E-state index is 0.378. The first-order chi connectivity index (χ1) is 7.06. The van der Waals surface area contributed by atoms with Crippen LogP contribution in [-0.2, 0) is 6.42 Å². The highest BCUT2D eigenvalue weighted by Gasteiger charge is 2.07. The summed E-state index contributed by atoms with van der Waals surface area (Å²) in [4.78, 5) is 2.12. The van der Waals surface area contributed by atoms with Gasteiger partial charge in [0.05, 0.1) is 6.17 Å². The maximum atomic E-state index is 5.67. The van der Waals surface area contributed by atoms with Gasteiger partial charge in [-0.15, -0.1) is 0 Å². The van der Waals surface area contributed by atoms with E-state index in [-0.39, 0.29) is 6.17 Å². The lowest BCUT2D eigenvalue weighted by atomic mass is 10.0. The number of hydrogen-bond acceptors (Lipinski definition) is 3. The molecule has 0 saturated heterocycles. The third kappa shape index (κ3) is 2.94. The van der Waals surface area contributed by atoms with E-state index < -0.39 is 0 Å². The Hall–Kier alpha value is -1.06. The highest BCUT2D eigenvalue weighted by Crippen LogP contribution is 2.22. The molecule has 1 rings (SSSR count). The van der Waals surface area contributed by atoms with Gasteiger partial charge in [0.15, 0.2) is 0 Å². The van der Waals surface area contributed by atoms with Crippen LogP contribution in [0, 0.1) is 0 Å². The molecule has 15 heavy (non-hydrogen) atoms. The molecule has 0 aromatic heterocycles. The van der Waals surface area contributed by atoms with Crippen molar-refractivity contribution in [2.24, 2.45) is 11.5 Å². The summed E-state index contributed by atoms with van der Waals surface area (Å²) < 4.78 is 0. The molecule has 0 heterocycles. The zero-order chi connectivity index (χ0) is 11.4. The number of aryl methyl sites for hydroxylation is 1. The molecule has 0 aliphatic rings. The number of nitrogens with two attached hydrogens (primary N) is 2. The summed E-state index contributed by atoms with van der Waals surface area (Å²) in [6.07, 6.45) is 1.81. The summed E-state index contributed by atoms with van der Waals surface area (Å²) in [6, 6.07) is 6.20. The molecule has 0 unspecified atom stereocenters. The first-order valence-electron chi connectivity index (χ1n) is 5.37. The molecule has 1 aromatic rings. The predicted octanol–water partition coefficient (Wildman–Crippen LogP) is 1.62. The van der Waals surface area contributed by atoms with Gasteiger partial charge in [-0.05, 0) is 23.6 Å². The molecule has 0 bridgehead atoms. The molecule has 1 aromatic carbocycles. The van der Waals surface area contributed by atoms with Crippen molar-refractivity contribution in [1.82, 2.24) is 0 Å². The molecule has 3 nitrogen and oxygen atoms in total. The second-order valence-corrected chi connectivity index (χ2v) is 4.06. The van der Waals surface area contributed by atoms with E-state index in [0.29, 0.717) is 0 Å². The molecule has 3 heteroatoms. The van der Waals surface area contributed by atoms with Crippen LogP contribution in [0.3, 0.4) is 0 Å². The fraction of sp³-hybridized carbons (Fsp3) is 0.500. The van der Waals surface area contributed by atoms with Crippen LogP contribution in [0.25, 0.3) is 0 Å². The van der Waals surface area contributed by atoms with E-state index in [4.69, 9.17) is 11.5 Å². The van der Waals surface area contributed by atoms with Gasteiger partial charge >= 0.3 is 0 Å². The number of nitrogens with zero attached hydrogens (tertiary/aromatic N) is 1. The molecule has 0 atom stereocenters. The largest absolute Gasteiger partial charge is 0.377 e. The monoisotopic (exact) mass is 207 g/mol. The molecule has 0 spiro atoms. The van der Waals surface area contributed by atoms with E-state index >= 15 is 0 Å². The first-order valence-corrected chi connectivity index (χ1v) is 5.37. The Morgan fingerprint density at radius 1 is 1.27 bits per heavy atom. The van der Waals surface area contributed by atoms with Crippen LogP contribution in [0.5, 0.6) is 0 Å². The molecular formula is C12H21N3. The smallest absolute Gasteiger partial charge is 0.0784 e. The van der Waals surface area contributed by atoms with Crippen molar-refractivity contribution < 1.29 is 0 Å². The van der Waals surface area contributed by atoms with Gasteiger partial charge in [0.25, 0.3) is 0 Å². The molecule has 0 amide bonds. The lowest BCUT2D eigenvalue weighted by Gasteiger charge is -2.19. The standard InChI is InChI=1S/C12H21N3/c1-4-5-9-8-10(12(13)14)6-7-11(9)15(2)3/h6-8,12H,4-5,13-14H2,1-3H3. The van der Waals surface area contributed by atoms with Crippen LogP contribution in [-0.4, -0.2) is 14.1 Å². The Kier molecular flexibility index (Phi) is 4.12. The second kappa shape index (κ2) is 5.14. The summed E-state index contributed by atoms with van der Waals surface area (Å²) >= 11 is 0. The van der Waals surface area contributed by atoms with Crippen LogP contribution in [0.1, 0.15) is 30.6 Å². The maximum absolute atomic E-state index is 5.67. The number of benzene rings is 1. The number of hydrogen-bond donors (Lipinski definition) is 2. The molecule has 84 valence electrons. The van der Waals surface area contributed by atoms with Crippen LogP contribution < -0.4 is 16.4 Å². The van der Waals surface area contributed by atoms with Gasteiger partial charge in [0, 0.05) is 19.8 Å². The molecule has 0 saturated carbocycles. The lowest BCUT2D eigenvalue weighted by molar-refractivity contribution is 0.769. The van der Waals surface area contributed by atoms with Gasteiger partial charge < -0.3 is 16.4 Å². The van der Waals surface area contributed by atoms with E-state index in [1.807, 2.05) is 6.07 Å². The van der Waals surface area contributed by atoms with Gasteiger partial charge in [-0.25, -0.2) is 0 Å². The van der Waals surface area contributed by atoms with Crippen molar-refractivity contribution in [3.05, 3.63) is 29.3 Å². The molecule has 0 radical (unpaired) electrons. The fourth-order valence-corrected chi connectivity index (χ4v) is 1.72. The Balaban J connectivity index is 3.08. The summed E-state index contributed by atoms with van der Waals surface area (Å²) in [7, 11) is 4.10. The van der Waals surface area contributed by atoms with Crippen molar-refractivity contribution in [2.75, 3.05) is 19.0 Å². The zero-order valence-corrected chi connectivity index (χ0v) is 9.83. The molecular weight excluding hydrogens is 186 g/mol. The quantitative estimate of drug-likeness (QED) is 0.738. The van der Waals surface area contributed by atoms with Gasteiger partial charge in [0.1, 0.15) is 0 Å². The van der Waals surface area contributed by atoms with E-state index in [2.05, 4.69) is 38.1 Å². The average molecular weight is 207 g/mol. The van der Waals surface area contributed by atoms with E-state index in [9.17, 15) is 0 Å². The summed E-state index contributed by atoms with van der Waals surface area (Å²) in [5.41, 5.74) is 14.9. The van der Waals surface area contributed by atoms with E-state index in [1.54, 1.807) is 0 Å². The van der Waals surface area contributed by atoms with Gasteiger partial charge in [-0.1, -0.05) is 25.5 Å². The van der Waals surface area contributed by atoms with Crippen LogP contribution >= 0.6 is 0 Å². The maximum Gasteiger partial charge on any atom is 0.0784 e. The van der Waals surface area contributed by atoms with Crippen LogP contribution in [0.15, 0.2) is 18.2 Å². The number of anilines is 1. The predicted molar refractivity (Wildman–Crippen MR) is 65.9 cm³/mol. The Morgan fingerprint density at radius 3 is 2.40 bits per heavy atom. The summed E-state index contributed by atoms with van der Waals surface area (Å²) in [5.74, 6) is 0. The van der Waals surface area contributed by atoms with Gasteiger partial charge in [-0.2, -0.15) is 0 Å². The lowest BCUT2D eigenvalue weighted by Crippen LogP contribution is -2.21. The Morgan fingerprint density at radius 2 is 1.93 bits per heavy atom. The third-order valence-electron chi connectivity index (χ3n) is 2.49. The third-order valence-corrected chi connectivity index (χ3v) is 2.49. The van der Waals surface area contributed by atoms with Crippen LogP contribution in [0.4, 0.5) is 5.69 Å². The van der Waals surface area contributed by atoms with E-state index in [0.717, 1.165) is 18.4 Å². The van der Waals surface area contributed by atoms with Crippen LogP contribution in [0.2, 0.25) is 0 Å². The minimum atomic E-state index is -0.378. The van der Waals surface area contributed by atoms with E-state index in [1.165, 1.54) is 11.3 Å². The second-order valence-electron chi connectivity index (χ2n) is 4.06. The van der Waals surface area contributed by atoms with Gasteiger partial charge in [-0.3, -0.25) is 0 Å². The van der Waals surface area contributed by atoms with Crippen molar-refractivity contribution in [1.29, 1.82) is 0 Å². The highest BCUT2D eigenvalue weighted by molar-refractivity contribution is 5.54. The average Bonchev–Trinajstić information content (AvgIpc) is 2.17. The van der Waals surface area contributed by atoms with Gasteiger partial charge in [0.2, 0.25) is 0 Å². The summed E-state index contributed by atoms with van der Waals surface area (Å²) in [5, 5.41) is 0. The first kappa shape index (κ1) is 12.0. The highest BCUT2D eigenvalue weighted by atomic mass is 15.1. The number of rotatable bonds is 4. The van der Waals surface area contributed by atoms with Crippen molar-refractivity contribution in [2.45, 2.75) is 25.9 Å².